The molecule has 0 aliphatic carbocycles. The van der Waals surface area contributed by atoms with E-state index < -0.39 is 47.2 Å². The minimum Gasteiger partial charge on any atom is -0.508 e. The van der Waals surface area contributed by atoms with Gasteiger partial charge < -0.3 is 34.8 Å². The maximum absolute atomic E-state index is 14.6. The molecule has 2 saturated heterocycles. The number of carbonyl (C=O) groups excluding carboxylic acids is 5. The summed E-state index contributed by atoms with van der Waals surface area (Å²) >= 11 is 0. The van der Waals surface area contributed by atoms with E-state index in [2.05, 4.69) is 66.5 Å². The Balaban J connectivity index is 1.19. The van der Waals surface area contributed by atoms with Gasteiger partial charge in [0.25, 0.3) is 5.91 Å². The maximum Gasteiger partial charge on any atom is 0.324 e. The van der Waals surface area contributed by atoms with Gasteiger partial charge >= 0.3 is 5.97 Å². The Hall–Kier alpha value is -5.80. The number of phenols is 1. The molecule has 2 aromatic heterocycles. The van der Waals surface area contributed by atoms with Gasteiger partial charge in [-0.1, -0.05) is 46.8 Å². The number of hydrogen-bond donors (Lipinski definition) is 4. The van der Waals surface area contributed by atoms with Gasteiger partial charge in [0, 0.05) is 73.6 Å². The van der Waals surface area contributed by atoms with Crippen LogP contribution < -0.4 is 16.1 Å². The van der Waals surface area contributed by atoms with E-state index in [0.717, 1.165) is 44.5 Å². The summed E-state index contributed by atoms with van der Waals surface area (Å²) in [4.78, 5) is 76.5. The first kappa shape index (κ1) is 43.8. The van der Waals surface area contributed by atoms with E-state index in [-0.39, 0.29) is 61.7 Å². The Morgan fingerprint density at radius 2 is 1.83 bits per heavy atom. The second kappa shape index (κ2) is 17.1. The fraction of sp³-hybridized carbons (Fsp3) is 0.500. The van der Waals surface area contributed by atoms with Crippen molar-refractivity contribution in [3.63, 3.8) is 0 Å². The van der Waals surface area contributed by atoms with Crippen molar-refractivity contribution in [2.24, 2.45) is 11.3 Å². The Labute approximate surface area is 368 Å². The topological polar surface area (TPSA) is 188 Å². The van der Waals surface area contributed by atoms with Crippen LogP contribution >= 0.6 is 0 Å². The number of aromatic hydroxyl groups is 1. The summed E-state index contributed by atoms with van der Waals surface area (Å²) in [5, 5.41) is 19.6. The molecule has 63 heavy (non-hydrogen) atoms. The number of amides is 4. The van der Waals surface area contributed by atoms with Crippen molar-refractivity contribution in [2.45, 2.75) is 103 Å². The first-order valence-electron chi connectivity index (χ1n) is 22.2. The maximum atomic E-state index is 14.6. The summed E-state index contributed by atoms with van der Waals surface area (Å²) in [7, 11) is 3.08. The number of esters is 1. The van der Waals surface area contributed by atoms with Crippen LogP contribution in [0.4, 0.5) is 0 Å². The Morgan fingerprint density at radius 3 is 2.56 bits per heavy atom. The van der Waals surface area contributed by atoms with Crippen molar-refractivity contribution >= 4 is 40.5 Å². The summed E-state index contributed by atoms with van der Waals surface area (Å²) < 4.78 is 8.50. The lowest BCUT2D eigenvalue weighted by Crippen LogP contribution is -2.62. The molecule has 4 aliphatic heterocycles. The lowest BCUT2D eigenvalue weighted by Gasteiger charge is -2.37. The highest BCUT2D eigenvalue weighted by molar-refractivity contribution is 5.97. The van der Waals surface area contributed by atoms with Crippen LogP contribution in [0.2, 0.25) is 0 Å². The molecular formula is C48H60N8O7. The molecule has 4 N–H and O–H groups in total. The average molecular weight is 861 g/mol. The number of nitrogens with zero attached hydrogens (tertiary/aromatic N) is 5. The number of carbonyl (C=O) groups is 5. The smallest absolute Gasteiger partial charge is 0.324 e. The van der Waals surface area contributed by atoms with Crippen LogP contribution in [0, 0.1) is 11.3 Å². The summed E-state index contributed by atoms with van der Waals surface area (Å²) in [6, 6.07) is 12.5. The second-order valence-corrected chi connectivity index (χ2v) is 19.2. The SMILES string of the molecule is CC(C)[C@@H](C(=O)N[C@H]1Cc2cc(O)cc(c2)-c2ccc3c(c2)c(c2n3C(C)[C@H](C)c3ncccc3-2)CC(C)(C)COC(=O)[C@@H]2CCCN(N2)C1=O)N(C)C(=O)CN(C)C(=O)[C@H]1CN1. The monoisotopic (exact) mass is 860 g/mol. The van der Waals surface area contributed by atoms with Gasteiger partial charge in [-0.25, -0.2) is 5.43 Å². The molecule has 8 rings (SSSR count). The van der Waals surface area contributed by atoms with Gasteiger partial charge in [-0.15, -0.1) is 0 Å². The molecule has 6 bridgehead atoms. The Bertz CT molecular complexity index is 2480. The fourth-order valence-electron chi connectivity index (χ4n) is 9.71. The van der Waals surface area contributed by atoms with E-state index in [1.165, 1.54) is 21.9 Å². The highest BCUT2D eigenvalue weighted by Crippen LogP contribution is 2.49. The highest BCUT2D eigenvalue weighted by Gasteiger charge is 2.40. The van der Waals surface area contributed by atoms with Gasteiger partial charge in [-0.05, 0) is 90.8 Å². The quantitative estimate of drug-likeness (QED) is 0.154. The number of pyridine rings is 1. The van der Waals surface area contributed by atoms with E-state index in [1.54, 1.807) is 19.2 Å². The third-order valence-corrected chi connectivity index (χ3v) is 13.3. The molecule has 2 fully saturated rings. The van der Waals surface area contributed by atoms with Crippen molar-refractivity contribution in [3.8, 4) is 28.1 Å². The zero-order chi connectivity index (χ0) is 45.1. The van der Waals surface area contributed by atoms with Crippen molar-refractivity contribution in [3.05, 3.63) is 71.5 Å². The third-order valence-electron chi connectivity index (χ3n) is 13.3. The zero-order valence-corrected chi connectivity index (χ0v) is 37.5. The molecule has 334 valence electrons. The number of benzene rings is 2. The van der Waals surface area contributed by atoms with Gasteiger partial charge in [0.05, 0.1) is 30.6 Å². The zero-order valence-electron chi connectivity index (χ0n) is 37.5. The van der Waals surface area contributed by atoms with Crippen LogP contribution in [0.3, 0.4) is 0 Å². The van der Waals surface area contributed by atoms with Gasteiger partial charge in [-0.2, -0.15) is 0 Å². The summed E-state index contributed by atoms with van der Waals surface area (Å²) in [5.74, 6) is -2.32. The van der Waals surface area contributed by atoms with E-state index in [1.807, 2.05) is 38.2 Å². The van der Waals surface area contributed by atoms with Crippen molar-refractivity contribution in [1.82, 2.24) is 40.4 Å². The van der Waals surface area contributed by atoms with E-state index in [4.69, 9.17) is 9.72 Å². The number of ether oxygens (including phenoxy) is 1. The lowest BCUT2D eigenvalue weighted by atomic mass is 9.82. The number of hydrogen-bond acceptors (Lipinski definition) is 10. The predicted molar refractivity (Wildman–Crippen MR) is 238 cm³/mol. The van der Waals surface area contributed by atoms with Gasteiger partial charge in [0.15, 0.2) is 0 Å². The number of nitrogens with one attached hydrogen (secondary N) is 3. The predicted octanol–water partition coefficient (Wildman–Crippen LogP) is 4.32. The number of phenolic OH excluding ortho intramolecular Hbond substituents is 1. The third kappa shape index (κ3) is 8.64. The minimum absolute atomic E-state index is 0.00105. The van der Waals surface area contributed by atoms with Crippen LogP contribution in [0.1, 0.15) is 83.2 Å². The second-order valence-electron chi connectivity index (χ2n) is 19.2. The molecule has 6 atom stereocenters. The van der Waals surface area contributed by atoms with Gasteiger partial charge in [0.1, 0.15) is 23.9 Å². The summed E-state index contributed by atoms with van der Waals surface area (Å²) in [6.07, 6.45) is 3.40. The minimum atomic E-state index is -1.16. The molecule has 2 aromatic carbocycles. The molecular weight excluding hydrogens is 801 g/mol. The first-order valence-corrected chi connectivity index (χ1v) is 22.2. The number of rotatable bonds is 7. The van der Waals surface area contributed by atoms with Crippen LogP contribution in [0.5, 0.6) is 5.75 Å². The molecule has 4 aromatic rings. The number of aromatic nitrogens is 2. The van der Waals surface area contributed by atoms with Gasteiger partial charge in [0.2, 0.25) is 17.7 Å². The number of hydrazine groups is 1. The van der Waals surface area contributed by atoms with E-state index >= 15 is 0 Å². The van der Waals surface area contributed by atoms with E-state index in [0.29, 0.717) is 31.4 Å². The molecule has 4 aliphatic rings. The number of cyclic esters (lactones) is 1. The standard InChI is InChI=1S/C48H60N8O7/c1-26(2)42(54(8)40(58)24-53(7)45(60)38-23-50-38)44(59)51-37-19-29-17-31(20-32(57)18-29)30-13-14-39-34(21-30)35(43-33-11-9-15-49-41(33)27(3)28(4)56(39)43)22-48(5,6)25-63-47(62)36-12-10-16-55(52-36)46(37)61/h9,11,13-15,17-18,20-21,26-28,36-38,42,50,52,57H,10,12,16,19,22-25H2,1-8H3,(H,51,59)/t27-,28?,36-,37-,38+,42-/m0/s1. The molecule has 0 saturated carbocycles. The van der Waals surface area contributed by atoms with Crippen molar-refractivity contribution in [2.75, 3.05) is 40.3 Å². The number of fused-ring (bicyclic) bond motifs is 11. The highest BCUT2D eigenvalue weighted by atomic mass is 16.5. The molecule has 0 spiro atoms. The van der Waals surface area contributed by atoms with Crippen molar-refractivity contribution in [1.29, 1.82) is 0 Å². The summed E-state index contributed by atoms with van der Waals surface area (Å²) in [6.45, 7) is 13.0. The normalized spacial score (nSPS) is 23.5. The first-order chi connectivity index (χ1) is 29.9. The van der Waals surface area contributed by atoms with Crippen LogP contribution in [-0.2, 0) is 41.6 Å². The average Bonchev–Trinajstić information content (AvgIpc) is 4.06. The van der Waals surface area contributed by atoms with Gasteiger partial charge in [-0.3, -0.25) is 34.0 Å². The molecule has 15 heteroatoms. The molecule has 1 unspecified atom stereocenters. The molecule has 4 amide bonds. The molecule has 15 nitrogen and oxygen atoms in total. The fourth-order valence-corrected chi connectivity index (χ4v) is 9.71. The molecule has 6 heterocycles. The molecule has 0 radical (unpaired) electrons. The Morgan fingerprint density at radius 1 is 1.06 bits per heavy atom. The van der Waals surface area contributed by atoms with Crippen LogP contribution in [0.25, 0.3) is 33.3 Å². The van der Waals surface area contributed by atoms with Crippen molar-refractivity contribution < 1.29 is 33.8 Å². The van der Waals surface area contributed by atoms with Crippen LogP contribution in [-0.4, -0.2) is 124 Å². The Kier molecular flexibility index (Phi) is 11.9. The van der Waals surface area contributed by atoms with E-state index in [9.17, 15) is 29.1 Å². The van der Waals surface area contributed by atoms with Crippen LogP contribution in [0.15, 0.2) is 54.7 Å². The summed E-state index contributed by atoms with van der Waals surface area (Å²) in [5.41, 5.74) is 10.2. The lowest BCUT2D eigenvalue weighted by molar-refractivity contribution is -0.155. The number of likely N-dealkylation sites (N-methyl/N-ethyl adjacent to an activating group) is 2. The largest absolute Gasteiger partial charge is 0.508 e.